The Bertz CT molecular complexity index is 635. The van der Waals surface area contributed by atoms with Crippen LogP contribution in [0.25, 0.3) is 0 Å². The standard InChI is InChI=1S/C16H20N4O/c1-10-14(17-2)19-16(11-4-5-11)20-15(10)18-12-6-8-13(21-3)9-7-12/h6-9,11H,4-5H2,1-3H3,(H2,17,18,19,20). The van der Waals surface area contributed by atoms with Gasteiger partial charge in [-0.3, -0.25) is 0 Å². The van der Waals surface area contributed by atoms with Gasteiger partial charge in [0.2, 0.25) is 0 Å². The summed E-state index contributed by atoms with van der Waals surface area (Å²) < 4.78 is 5.18. The molecule has 0 saturated heterocycles. The number of hydrogen-bond acceptors (Lipinski definition) is 5. The molecule has 0 amide bonds. The number of nitrogens with one attached hydrogen (secondary N) is 2. The van der Waals surface area contributed by atoms with Crippen LogP contribution in [0.15, 0.2) is 24.3 Å². The van der Waals surface area contributed by atoms with Crippen molar-refractivity contribution in [3.8, 4) is 5.75 Å². The molecule has 2 N–H and O–H groups in total. The van der Waals surface area contributed by atoms with E-state index in [0.29, 0.717) is 5.92 Å². The van der Waals surface area contributed by atoms with Gasteiger partial charge in [-0.15, -0.1) is 0 Å². The maximum atomic E-state index is 5.18. The fourth-order valence-electron chi connectivity index (χ4n) is 2.23. The molecule has 0 spiro atoms. The highest BCUT2D eigenvalue weighted by molar-refractivity contribution is 5.65. The Morgan fingerprint density at radius 2 is 1.76 bits per heavy atom. The quantitative estimate of drug-likeness (QED) is 0.880. The molecule has 0 bridgehead atoms. The van der Waals surface area contributed by atoms with Gasteiger partial charge in [-0.2, -0.15) is 0 Å². The van der Waals surface area contributed by atoms with Gasteiger partial charge in [0, 0.05) is 24.2 Å². The summed E-state index contributed by atoms with van der Waals surface area (Å²) in [6, 6.07) is 7.83. The first kappa shape index (κ1) is 13.7. The van der Waals surface area contributed by atoms with E-state index in [1.165, 1.54) is 12.8 Å². The average Bonchev–Trinajstić information content (AvgIpc) is 3.35. The van der Waals surface area contributed by atoms with Crippen LogP contribution in [0, 0.1) is 6.92 Å². The topological polar surface area (TPSA) is 59.1 Å². The number of methoxy groups -OCH3 is 1. The van der Waals surface area contributed by atoms with Gasteiger partial charge in [-0.25, -0.2) is 9.97 Å². The van der Waals surface area contributed by atoms with Gasteiger partial charge in [-0.1, -0.05) is 0 Å². The van der Waals surface area contributed by atoms with Crippen molar-refractivity contribution in [2.75, 3.05) is 24.8 Å². The molecular weight excluding hydrogens is 264 g/mol. The van der Waals surface area contributed by atoms with Crippen LogP contribution in [0.5, 0.6) is 5.75 Å². The summed E-state index contributed by atoms with van der Waals surface area (Å²) in [5, 5.41) is 6.53. The maximum absolute atomic E-state index is 5.18. The Morgan fingerprint density at radius 3 is 2.33 bits per heavy atom. The van der Waals surface area contributed by atoms with E-state index in [1.807, 2.05) is 38.2 Å². The van der Waals surface area contributed by atoms with E-state index in [4.69, 9.17) is 4.74 Å². The Morgan fingerprint density at radius 1 is 1.10 bits per heavy atom. The first-order chi connectivity index (χ1) is 10.2. The largest absolute Gasteiger partial charge is 0.497 e. The van der Waals surface area contributed by atoms with Gasteiger partial charge < -0.3 is 15.4 Å². The van der Waals surface area contributed by atoms with E-state index in [2.05, 4.69) is 20.6 Å². The van der Waals surface area contributed by atoms with Crippen LogP contribution in [0.2, 0.25) is 0 Å². The van der Waals surface area contributed by atoms with Crippen molar-refractivity contribution in [2.45, 2.75) is 25.7 Å². The molecule has 21 heavy (non-hydrogen) atoms. The van der Waals surface area contributed by atoms with E-state index in [9.17, 15) is 0 Å². The number of rotatable bonds is 5. The van der Waals surface area contributed by atoms with Gasteiger partial charge in [0.1, 0.15) is 23.2 Å². The zero-order chi connectivity index (χ0) is 14.8. The smallest absolute Gasteiger partial charge is 0.139 e. The summed E-state index contributed by atoms with van der Waals surface area (Å²) in [6.07, 6.45) is 2.38. The lowest BCUT2D eigenvalue weighted by atomic mass is 10.2. The number of aromatic nitrogens is 2. The second kappa shape index (κ2) is 5.60. The normalized spacial score (nSPS) is 13.9. The Hall–Kier alpha value is -2.30. The monoisotopic (exact) mass is 284 g/mol. The minimum atomic E-state index is 0.522. The molecule has 1 fully saturated rings. The van der Waals surface area contributed by atoms with E-state index in [-0.39, 0.29) is 0 Å². The molecule has 0 atom stereocenters. The number of anilines is 3. The van der Waals surface area contributed by atoms with Crippen LogP contribution in [0.4, 0.5) is 17.3 Å². The molecule has 0 radical (unpaired) electrons. The van der Waals surface area contributed by atoms with Crippen LogP contribution in [-0.4, -0.2) is 24.1 Å². The summed E-state index contributed by atoms with van der Waals surface area (Å²) in [5.41, 5.74) is 2.01. The number of hydrogen-bond donors (Lipinski definition) is 2. The van der Waals surface area contributed by atoms with Crippen molar-refractivity contribution in [2.24, 2.45) is 0 Å². The van der Waals surface area contributed by atoms with Gasteiger partial charge in [0.25, 0.3) is 0 Å². The molecule has 5 heteroatoms. The van der Waals surface area contributed by atoms with Crippen LogP contribution >= 0.6 is 0 Å². The van der Waals surface area contributed by atoms with E-state index in [0.717, 1.165) is 34.5 Å². The van der Waals surface area contributed by atoms with Crippen molar-refractivity contribution < 1.29 is 4.74 Å². The molecule has 5 nitrogen and oxygen atoms in total. The summed E-state index contributed by atoms with van der Waals surface area (Å²) in [7, 11) is 3.56. The zero-order valence-corrected chi connectivity index (χ0v) is 12.6. The molecule has 1 heterocycles. The minimum absolute atomic E-state index is 0.522. The van der Waals surface area contributed by atoms with Crippen LogP contribution in [-0.2, 0) is 0 Å². The molecule has 1 aromatic carbocycles. The fourth-order valence-corrected chi connectivity index (χ4v) is 2.23. The predicted molar refractivity (Wildman–Crippen MR) is 84.6 cm³/mol. The lowest BCUT2D eigenvalue weighted by Crippen LogP contribution is -2.06. The summed E-state index contributed by atoms with van der Waals surface area (Å²) >= 11 is 0. The van der Waals surface area contributed by atoms with Crippen molar-refractivity contribution >= 4 is 17.3 Å². The Labute approximate surface area is 124 Å². The molecule has 1 aromatic heterocycles. The average molecular weight is 284 g/mol. The Kier molecular flexibility index (Phi) is 3.64. The molecule has 1 aliphatic rings. The minimum Gasteiger partial charge on any atom is -0.497 e. The highest BCUT2D eigenvalue weighted by Gasteiger charge is 2.28. The molecule has 110 valence electrons. The summed E-state index contributed by atoms with van der Waals surface area (Å²) in [6.45, 7) is 2.02. The van der Waals surface area contributed by atoms with E-state index >= 15 is 0 Å². The summed E-state index contributed by atoms with van der Waals surface area (Å²) in [4.78, 5) is 9.29. The van der Waals surface area contributed by atoms with Gasteiger partial charge >= 0.3 is 0 Å². The first-order valence-electron chi connectivity index (χ1n) is 7.18. The molecule has 1 saturated carbocycles. The Balaban J connectivity index is 1.90. The molecular formula is C16H20N4O. The van der Waals surface area contributed by atoms with E-state index in [1.54, 1.807) is 7.11 Å². The van der Waals surface area contributed by atoms with Crippen LogP contribution < -0.4 is 15.4 Å². The van der Waals surface area contributed by atoms with Gasteiger partial charge in [0.15, 0.2) is 0 Å². The number of ether oxygens (including phenoxy) is 1. The zero-order valence-electron chi connectivity index (χ0n) is 12.6. The van der Waals surface area contributed by atoms with Crippen molar-refractivity contribution in [3.63, 3.8) is 0 Å². The second-order valence-electron chi connectivity index (χ2n) is 5.28. The second-order valence-corrected chi connectivity index (χ2v) is 5.28. The number of nitrogens with zero attached hydrogens (tertiary/aromatic N) is 2. The predicted octanol–water partition coefficient (Wildman–Crippen LogP) is 3.46. The highest BCUT2D eigenvalue weighted by Crippen LogP contribution is 2.39. The molecule has 2 aromatic rings. The molecule has 0 unspecified atom stereocenters. The third-order valence-electron chi connectivity index (χ3n) is 3.70. The SMILES string of the molecule is CNc1nc(C2CC2)nc(Nc2ccc(OC)cc2)c1C. The third-order valence-corrected chi connectivity index (χ3v) is 3.70. The van der Waals surface area contributed by atoms with Crippen molar-refractivity contribution in [3.05, 3.63) is 35.7 Å². The lowest BCUT2D eigenvalue weighted by molar-refractivity contribution is 0.415. The maximum Gasteiger partial charge on any atom is 0.139 e. The first-order valence-corrected chi connectivity index (χ1v) is 7.18. The fraction of sp³-hybridized carbons (Fsp3) is 0.375. The molecule has 1 aliphatic carbocycles. The lowest BCUT2D eigenvalue weighted by Gasteiger charge is -2.14. The van der Waals surface area contributed by atoms with Crippen LogP contribution in [0.1, 0.15) is 30.1 Å². The van der Waals surface area contributed by atoms with Gasteiger partial charge in [0.05, 0.1) is 7.11 Å². The van der Waals surface area contributed by atoms with Crippen LogP contribution in [0.3, 0.4) is 0 Å². The molecule has 0 aliphatic heterocycles. The molecule has 3 rings (SSSR count). The highest BCUT2D eigenvalue weighted by atomic mass is 16.5. The van der Waals surface area contributed by atoms with Gasteiger partial charge in [-0.05, 0) is 44.0 Å². The third kappa shape index (κ3) is 2.91. The number of benzene rings is 1. The van der Waals surface area contributed by atoms with Crippen molar-refractivity contribution in [1.82, 2.24) is 9.97 Å². The summed E-state index contributed by atoms with van der Waals surface area (Å²) in [5.74, 6) is 4.05. The van der Waals surface area contributed by atoms with Crippen molar-refractivity contribution in [1.29, 1.82) is 0 Å². The van der Waals surface area contributed by atoms with E-state index < -0.39 is 0 Å².